The molecular formula is C12H13BrClN3. The van der Waals surface area contributed by atoms with Crippen LogP contribution in [0.2, 0.25) is 5.02 Å². The molecule has 0 saturated carbocycles. The third kappa shape index (κ3) is 2.82. The van der Waals surface area contributed by atoms with Gasteiger partial charge in [0.1, 0.15) is 0 Å². The first-order valence-electron chi connectivity index (χ1n) is 5.27. The van der Waals surface area contributed by atoms with Gasteiger partial charge in [0.05, 0.1) is 22.1 Å². The summed E-state index contributed by atoms with van der Waals surface area (Å²) in [7, 11) is 0. The molecule has 5 heteroatoms. The number of H-pyrrole nitrogens is 1. The van der Waals surface area contributed by atoms with Crippen molar-refractivity contribution in [3.63, 3.8) is 0 Å². The molecule has 0 bridgehead atoms. The first-order valence-corrected chi connectivity index (χ1v) is 6.44. The second kappa shape index (κ2) is 5.10. The minimum atomic E-state index is 0.726. The highest BCUT2D eigenvalue weighted by Gasteiger charge is 2.05. The van der Waals surface area contributed by atoms with Crippen LogP contribution in [0.15, 0.2) is 22.7 Å². The summed E-state index contributed by atoms with van der Waals surface area (Å²) in [5.41, 5.74) is 4.27. The fourth-order valence-electron chi connectivity index (χ4n) is 1.65. The van der Waals surface area contributed by atoms with E-state index in [0.717, 1.165) is 33.1 Å². The van der Waals surface area contributed by atoms with Gasteiger partial charge in [-0.3, -0.25) is 5.10 Å². The normalized spacial score (nSPS) is 10.6. The van der Waals surface area contributed by atoms with Gasteiger partial charge >= 0.3 is 0 Å². The number of hydrogen-bond donors (Lipinski definition) is 2. The molecule has 0 aliphatic rings. The lowest BCUT2D eigenvalue weighted by Gasteiger charge is -2.07. The number of aromatic amines is 1. The lowest BCUT2D eigenvalue weighted by Crippen LogP contribution is -2.01. The summed E-state index contributed by atoms with van der Waals surface area (Å²) in [6, 6.07) is 5.91. The number of benzene rings is 1. The van der Waals surface area contributed by atoms with Crippen molar-refractivity contribution in [2.75, 3.05) is 5.32 Å². The molecule has 0 aliphatic heterocycles. The Balaban J connectivity index is 2.10. The molecule has 0 saturated heterocycles. The summed E-state index contributed by atoms with van der Waals surface area (Å²) in [6.45, 7) is 4.72. The molecule has 1 aromatic carbocycles. The topological polar surface area (TPSA) is 40.7 Å². The zero-order chi connectivity index (χ0) is 12.4. The molecule has 0 atom stereocenters. The lowest BCUT2D eigenvalue weighted by atomic mass is 10.2. The Bertz CT molecular complexity index is 517. The Morgan fingerprint density at radius 3 is 2.76 bits per heavy atom. The molecule has 0 spiro atoms. The molecule has 1 aromatic heterocycles. The zero-order valence-electron chi connectivity index (χ0n) is 9.64. The van der Waals surface area contributed by atoms with E-state index in [1.54, 1.807) is 0 Å². The molecule has 90 valence electrons. The first kappa shape index (κ1) is 12.5. The maximum Gasteiger partial charge on any atom is 0.0825 e. The average molecular weight is 315 g/mol. The van der Waals surface area contributed by atoms with Crippen LogP contribution < -0.4 is 5.32 Å². The van der Waals surface area contributed by atoms with Crippen molar-refractivity contribution < 1.29 is 0 Å². The summed E-state index contributed by atoms with van der Waals surface area (Å²) >= 11 is 9.36. The van der Waals surface area contributed by atoms with Crippen LogP contribution in [-0.4, -0.2) is 10.2 Å². The van der Waals surface area contributed by atoms with E-state index in [4.69, 9.17) is 11.6 Å². The van der Waals surface area contributed by atoms with Crippen LogP contribution >= 0.6 is 27.5 Å². The van der Waals surface area contributed by atoms with Crippen molar-refractivity contribution in [2.24, 2.45) is 0 Å². The zero-order valence-corrected chi connectivity index (χ0v) is 12.0. The number of nitrogens with one attached hydrogen (secondary N) is 2. The molecule has 1 heterocycles. The number of nitrogens with zero attached hydrogens (tertiary/aromatic N) is 1. The number of anilines is 1. The highest BCUT2D eigenvalue weighted by molar-refractivity contribution is 9.10. The van der Waals surface area contributed by atoms with Crippen molar-refractivity contribution in [1.82, 2.24) is 10.2 Å². The smallest absolute Gasteiger partial charge is 0.0825 e. The minimum Gasteiger partial charge on any atom is -0.378 e. The predicted octanol–water partition coefficient (Wildman–Crippen LogP) is 4.05. The van der Waals surface area contributed by atoms with Gasteiger partial charge in [-0.05, 0) is 47.5 Å². The predicted molar refractivity (Wildman–Crippen MR) is 74.5 cm³/mol. The molecule has 2 rings (SSSR count). The summed E-state index contributed by atoms with van der Waals surface area (Å²) < 4.78 is 0.916. The van der Waals surface area contributed by atoms with Gasteiger partial charge in [-0.1, -0.05) is 17.7 Å². The summed E-state index contributed by atoms with van der Waals surface area (Å²) in [4.78, 5) is 0. The molecule has 0 fully saturated rings. The highest BCUT2D eigenvalue weighted by Crippen LogP contribution is 2.24. The molecule has 17 heavy (non-hydrogen) atoms. The van der Waals surface area contributed by atoms with E-state index in [1.165, 1.54) is 5.56 Å². The van der Waals surface area contributed by atoms with Crippen LogP contribution in [0.5, 0.6) is 0 Å². The van der Waals surface area contributed by atoms with Crippen molar-refractivity contribution >= 4 is 33.2 Å². The van der Waals surface area contributed by atoms with Crippen molar-refractivity contribution in [3.8, 4) is 0 Å². The molecule has 0 unspecified atom stereocenters. The van der Waals surface area contributed by atoms with Crippen molar-refractivity contribution in [1.29, 1.82) is 0 Å². The quantitative estimate of drug-likeness (QED) is 0.897. The fraction of sp³-hybridized carbons (Fsp3) is 0.250. The molecule has 3 nitrogen and oxygen atoms in total. The average Bonchev–Trinajstić information content (AvgIpc) is 2.61. The third-order valence-corrected chi connectivity index (χ3v) is 3.80. The molecular weight excluding hydrogens is 302 g/mol. The van der Waals surface area contributed by atoms with Gasteiger partial charge in [0.25, 0.3) is 0 Å². The van der Waals surface area contributed by atoms with Gasteiger partial charge in [-0.25, -0.2) is 0 Å². The fourth-order valence-corrected chi connectivity index (χ4v) is 2.20. The standard InChI is InChI=1S/C12H13BrClN3/c1-7-12(8(2)17-16-7)15-6-9-3-4-11(14)10(13)5-9/h3-5,15H,6H2,1-2H3,(H,16,17). The van der Waals surface area contributed by atoms with Gasteiger partial charge in [-0.2, -0.15) is 5.10 Å². The number of aryl methyl sites for hydroxylation is 2. The number of halogens is 2. The first-order chi connectivity index (χ1) is 8.08. The van der Waals surface area contributed by atoms with E-state index in [2.05, 4.69) is 31.4 Å². The van der Waals surface area contributed by atoms with Crippen LogP contribution in [0.3, 0.4) is 0 Å². The monoisotopic (exact) mass is 313 g/mol. The minimum absolute atomic E-state index is 0.726. The van der Waals surface area contributed by atoms with Crippen molar-refractivity contribution in [3.05, 3.63) is 44.6 Å². The van der Waals surface area contributed by atoms with Crippen LogP contribution in [0, 0.1) is 13.8 Å². The van der Waals surface area contributed by atoms with Gasteiger partial charge in [0.15, 0.2) is 0 Å². The second-order valence-electron chi connectivity index (χ2n) is 3.91. The Morgan fingerprint density at radius 2 is 2.18 bits per heavy atom. The maximum absolute atomic E-state index is 5.95. The van der Waals surface area contributed by atoms with Crippen LogP contribution in [0.4, 0.5) is 5.69 Å². The molecule has 0 amide bonds. The Morgan fingerprint density at radius 1 is 1.41 bits per heavy atom. The van der Waals surface area contributed by atoms with Crippen LogP contribution in [0.25, 0.3) is 0 Å². The number of hydrogen-bond acceptors (Lipinski definition) is 2. The molecule has 0 radical (unpaired) electrons. The van der Waals surface area contributed by atoms with Crippen LogP contribution in [-0.2, 0) is 6.54 Å². The lowest BCUT2D eigenvalue weighted by molar-refractivity contribution is 1.02. The van der Waals surface area contributed by atoms with Gasteiger partial charge in [0.2, 0.25) is 0 Å². The van der Waals surface area contributed by atoms with Gasteiger partial charge < -0.3 is 5.32 Å². The van der Waals surface area contributed by atoms with E-state index in [-0.39, 0.29) is 0 Å². The Kier molecular flexibility index (Phi) is 3.74. The SMILES string of the molecule is Cc1n[nH]c(C)c1NCc1ccc(Cl)c(Br)c1. The number of aromatic nitrogens is 2. The Hall–Kier alpha value is -1.000. The molecule has 2 N–H and O–H groups in total. The maximum atomic E-state index is 5.95. The van der Waals surface area contributed by atoms with E-state index >= 15 is 0 Å². The van der Waals surface area contributed by atoms with Crippen LogP contribution in [0.1, 0.15) is 17.0 Å². The summed E-state index contributed by atoms with van der Waals surface area (Å²) in [5, 5.41) is 11.2. The van der Waals surface area contributed by atoms with Crippen molar-refractivity contribution in [2.45, 2.75) is 20.4 Å². The van der Waals surface area contributed by atoms with E-state index < -0.39 is 0 Å². The Labute approximate surface area is 114 Å². The second-order valence-corrected chi connectivity index (χ2v) is 5.17. The van der Waals surface area contributed by atoms with Gasteiger partial charge in [-0.15, -0.1) is 0 Å². The third-order valence-electron chi connectivity index (χ3n) is 2.58. The number of rotatable bonds is 3. The largest absolute Gasteiger partial charge is 0.378 e. The van der Waals surface area contributed by atoms with E-state index in [1.807, 2.05) is 32.0 Å². The highest BCUT2D eigenvalue weighted by atomic mass is 79.9. The van der Waals surface area contributed by atoms with E-state index in [9.17, 15) is 0 Å². The summed E-state index contributed by atoms with van der Waals surface area (Å²) in [6.07, 6.45) is 0. The van der Waals surface area contributed by atoms with E-state index in [0.29, 0.717) is 0 Å². The van der Waals surface area contributed by atoms with Gasteiger partial charge in [0, 0.05) is 11.0 Å². The molecule has 2 aromatic rings. The molecule has 0 aliphatic carbocycles. The summed E-state index contributed by atoms with van der Waals surface area (Å²) in [5.74, 6) is 0.